The topological polar surface area (TPSA) is 412 Å². The van der Waals surface area contributed by atoms with E-state index in [2.05, 4.69) is 36.9 Å². The quantitative estimate of drug-likeness (QED) is 0.0136. The number of unbranched alkanes of at least 4 members (excludes halogenated alkanes) is 2. The van der Waals surface area contributed by atoms with Crippen LogP contribution in [-0.4, -0.2) is 136 Å². The molecular weight excluding hydrogens is 785 g/mol. The van der Waals surface area contributed by atoms with E-state index in [0.717, 1.165) is 0 Å². The lowest BCUT2D eigenvalue weighted by atomic mass is 10.1. The lowest BCUT2D eigenvalue weighted by molar-refractivity contribution is -0.142. The molecule has 0 bridgehead atoms. The van der Waals surface area contributed by atoms with Crippen LogP contribution in [0.25, 0.3) is 0 Å². The SMILES string of the molecule is C[C@H](NC(=O)[C@@H](NC(=O)[C@H](CCC(N)=O)NC(=O)[C@@H](N)CCCCN)[C@@H](C)O)C(=O)N[C@@H](CCCN=C(N)N)C(=O)N[C@@H](CCCCNC(=S)CCC(=O)O)C(=O)O. The Labute approximate surface area is 342 Å². The Hall–Kier alpha value is -5.20. The molecule has 0 fully saturated rings. The third kappa shape index (κ3) is 23.8. The molecule has 0 saturated heterocycles. The highest BCUT2D eigenvalue weighted by Gasteiger charge is 2.33. The number of carbonyl (C=O) groups excluding carboxylic acids is 6. The molecule has 0 rings (SSSR count). The van der Waals surface area contributed by atoms with Crippen LogP contribution in [0.4, 0.5) is 0 Å². The van der Waals surface area contributed by atoms with Gasteiger partial charge in [-0.1, -0.05) is 18.6 Å². The van der Waals surface area contributed by atoms with Crippen LogP contribution in [0.15, 0.2) is 4.99 Å². The summed E-state index contributed by atoms with van der Waals surface area (Å²) in [5.74, 6) is -7.75. The van der Waals surface area contributed by atoms with E-state index < -0.39 is 89.7 Å². The number of nitrogens with zero attached hydrogens (tertiary/aromatic N) is 1. The molecule has 24 heteroatoms. The Kier molecular flexibility index (Phi) is 26.5. The Bertz CT molecular complexity index is 1430. The maximum absolute atomic E-state index is 13.3. The van der Waals surface area contributed by atoms with Crippen molar-refractivity contribution < 1.29 is 53.7 Å². The number of primary amides is 1. The molecule has 0 aromatic rings. The molecule has 0 heterocycles. The summed E-state index contributed by atoms with van der Waals surface area (Å²) >= 11 is 5.07. The minimum Gasteiger partial charge on any atom is -0.481 e. The third-order valence-corrected chi connectivity index (χ3v) is 8.78. The van der Waals surface area contributed by atoms with E-state index in [9.17, 15) is 48.6 Å². The number of hydrogen-bond donors (Lipinski definition) is 14. The second kappa shape index (κ2) is 29.1. The van der Waals surface area contributed by atoms with Gasteiger partial charge in [0.2, 0.25) is 35.4 Å². The molecule has 0 unspecified atom stereocenters. The van der Waals surface area contributed by atoms with Gasteiger partial charge in [0.1, 0.15) is 30.2 Å². The van der Waals surface area contributed by atoms with Crippen molar-refractivity contribution in [3.63, 3.8) is 0 Å². The number of thiocarbonyl (C=S) groups is 1. The van der Waals surface area contributed by atoms with Gasteiger partial charge in [-0.05, 0) is 71.8 Å². The summed E-state index contributed by atoms with van der Waals surface area (Å²) in [6.07, 6.45) is 0.236. The number of nitrogens with two attached hydrogens (primary N) is 5. The zero-order valence-corrected chi connectivity index (χ0v) is 33.8. The smallest absolute Gasteiger partial charge is 0.326 e. The third-order valence-electron chi connectivity index (χ3n) is 8.43. The van der Waals surface area contributed by atoms with Crippen molar-refractivity contribution in [3.8, 4) is 0 Å². The molecule has 0 aliphatic heterocycles. The summed E-state index contributed by atoms with van der Waals surface area (Å²) in [6, 6.07) is -8.10. The number of amides is 6. The van der Waals surface area contributed by atoms with Gasteiger partial charge in [-0.15, -0.1) is 0 Å². The molecule has 6 amide bonds. The average molecular weight is 847 g/mol. The van der Waals surface area contributed by atoms with Gasteiger partial charge in [-0.2, -0.15) is 0 Å². The largest absolute Gasteiger partial charge is 0.481 e. The summed E-state index contributed by atoms with van der Waals surface area (Å²) in [4.78, 5) is 104. The van der Waals surface area contributed by atoms with Crippen molar-refractivity contribution in [3.05, 3.63) is 0 Å². The number of aliphatic hydroxyl groups excluding tert-OH is 1. The summed E-state index contributed by atoms with van der Waals surface area (Å²) in [5, 5.41) is 43.8. The Morgan fingerprint density at radius 2 is 1.22 bits per heavy atom. The standard InChI is InChI=1S/C34H62N12O11S/c1-18(42-32(55)27(19(2)47)46-31(54)22(11-12-24(37)48)44-29(52)20(36)8-3-5-15-35)28(51)43-21(10-7-17-41-34(38)39)30(53)45-23(33(56)57)9-4-6-16-40-25(58)13-14-26(49)50/h18-23,27,47H,3-17,35-36H2,1-2H3,(H2,37,48)(H,40,58)(H,42,55)(H,43,51)(H,44,52)(H,45,53)(H,46,54)(H,49,50)(H,56,57)(H4,38,39,41)/t18-,19+,20-,21-,22-,23-,27-/m0/s1. The Morgan fingerprint density at radius 1 is 0.655 bits per heavy atom. The highest BCUT2D eigenvalue weighted by molar-refractivity contribution is 7.80. The second-order valence-electron chi connectivity index (χ2n) is 13.6. The van der Waals surface area contributed by atoms with Crippen LogP contribution in [0.5, 0.6) is 0 Å². The molecule has 19 N–H and O–H groups in total. The van der Waals surface area contributed by atoms with Crippen LogP contribution in [0.2, 0.25) is 0 Å². The number of carboxylic acids is 2. The van der Waals surface area contributed by atoms with Crippen molar-refractivity contribution in [2.75, 3.05) is 19.6 Å². The van der Waals surface area contributed by atoms with Gasteiger partial charge in [-0.3, -0.25) is 38.6 Å². The Balaban J connectivity index is 5.73. The molecular formula is C34H62N12O11S. The van der Waals surface area contributed by atoms with Gasteiger partial charge in [0, 0.05) is 25.9 Å². The summed E-state index contributed by atoms with van der Waals surface area (Å²) < 4.78 is 0. The zero-order chi connectivity index (χ0) is 44.4. The number of guanidine groups is 1. The molecule has 0 spiro atoms. The van der Waals surface area contributed by atoms with Crippen LogP contribution in [-0.2, 0) is 38.4 Å². The summed E-state index contributed by atoms with van der Waals surface area (Å²) in [6.45, 7) is 3.25. The van der Waals surface area contributed by atoms with Gasteiger partial charge in [0.05, 0.1) is 23.6 Å². The first-order valence-electron chi connectivity index (χ1n) is 18.9. The molecule has 0 saturated carbocycles. The van der Waals surface area contributed by atoms with Crippen molar-refractivity contribution in [2.24, 2.45) is 33.7 Å². The number of hydrogen-bond acceptors (Lipinski definition) is 13. The monoisotopic (exact) mass is 846 g/mol. The molecule has 0 aliphatic carbocycles. The van der Waals surface area contributed by atoms with E-state index in [1.54, 1.807) is 0 Å². The molecule has 330 valence electrons. The van der Waals surface area contributed by atoms with Gasteiger partial charge in [0.25, 0.3) is 0 Å². The van der Waals surface area contributed by atoms with E-state index in [-0.39, 0.29) is 63.9 Å². The van der Waals surface area contributed by atoms with E-state index in [0.29, 0.717) is 43.8 Å². The van der Waals surface area contributed by atoms with Crippen LogP contribution < -0.4 is 60.6 Å². The maximum Gasteiger partial charge on any atom is 0.326 e. The minimum atomic E-state index is -1.67. The Morgan fingerprint density at radius 3 is 1.79 bits per heavy atom. The van der Waals surface area contributed by atoms with Crippen molar-refractivity contribution in [2.45, 2.75) is 133 Å². The normalized spacial score (nSPS) is 14.4. The number of aliphatic hydroxyl groups is 1. The fourth-order valence-corrected chi connectivity index (χ4v) is 5.31. The first kappa shape index (κ1) is 52.8. The molecule has 23 nitrogen and oxygen atoms in total. The van der Waals surface area contributed by atoms with Crippen molar-refractivity contribution in [1.29, 1.82) is 0 Å². The lowest BCUT2D eigenvalue weighted by Gasteiger charge is -2.27. The van der Waals surface area contributed by atoms with Crippen LogP contribution in [0.3, 0.4) is 0 Å². The van der Waals surface area contributed by atoms with Gasteiger partial charge < -0.3 is 75.9 Å². The van der Waals surface area contributed by atoms with Crippen LogP contribution in [0, 0.1) is 0 Å². The number of carboxylic acid groups (broad SMARTS) is 2. The van der Waals surface area contributed by atoms with Crippen molar-refractivity contribution >= 4 is 70.5 Å². The number of rotatable bonds is 31. The highest BCUT2D eigenvalue weighted by Crippen LogP contribution is 2.07. The minimum absolute atomic E-state index is 0.00683. The first-order valence-corrected chi connectivity index (χ1v) is 19.3. The molecule has 58 heavy (non-hydrogen) atoms. The fraction of sp³-hybridized carbons (Fsp3) is 0.706. The number of carbonyl (C=O) groups is 8. The average Bonchev–Trinajstić information content (AvgIpc) is 3.14. The summed E-state index contributed by atoms with van der Waals surface area (Å²) in [7, 11) is 0. The molecule has 7 atom stereocenters. The summed E-state index contributed by atoms with van der Waals surface area (Å²) in [5.41, 5.74) is 27.4. The van der Waals surface area contributed by atoms with E-state index in [4.69, 9.17) is 46.0 Å². The van der Waals surface area contributed by atoms with Gasteiger partial charge in [-0.25, -0.2) is 4.79 Å². The van der Waals surface area contributed by atoms with E-state index in [1.165, 1.54) is 13.8 Å². The molecule has 0 aliphatic rings. The predicted molar refractivity (Wildman–Crippen MR) is 215 cm³/mol. The second-order valence-corrected chi connectivity index (χ2v) is 14.1. The highest BCUT2D eigenvalue weighted by atomic mass is 32.1. The van der Waals surface area contributed by atoms with Crippen LogP contribution >= 0.6 is 12.2 Å². The zero-order valence-electron chi connectivity index (χ0n) is 33.0. The molecule has 0 radical (unpaired) electrons. The molecule has 0 aromatic heterocycles. The van der Waals surface area contributed by atoms with Crippen LogP contribution in [0.1, 0.15) is 90.9 Å². The number of aliphatic carboxylic acids is 2. The fourth-order valence-electron chi connectivity index (χ4n) is 5.11. The number of aliphatic imine (C=N–C) groups is 1. The van der Waals surface area contributed by atoms with E-state index >= 15 is 0 Å². The molecule has 0 aromatic carbocycles. The van der Waals surface area contributed by atoms with Crippen molar-refractivity contribution in [1.82, 2.24) is 31.9 Å². The maximum atomic E-state index is 13.3. The van der Waals surface area contributed by atoms with Gasteiger partial charge >= 0.3 is 11.9 Å². The van der Waals surface area contributed by atoms with E-state index in [1.807, 2.05) is 0 Å². The number of nitrogens with one attached hydrogen (secondary N) is 6. The lowest BCUT2D eigenvalue weighted by Crippen LogP contribution is -2.61. The van der Waals surface area contributed by atoms with Gasteiger partial charge in [0.15, 0.2) is 5.96 Å². The predicted octanol–water partition coefficient (Wildman–Crippen LogP) is -4.38. The first-order chi connectivity index (χ1) is 27.2.